The Labute approximate surface area is 197 Å². The highest BCUT2D eigenvalue weighted by atomic mass is 16.5. The standard InChI is InChI=1S/C27H26N2O5/c1-16-11-12-18(14-23(16)26(31)32)29-25(30)13-17(2)28-27(33)34-15-24-21-9-5-3-7-19(21)20-8-4-6-10-22(20)24/h3-12,14,17,24H,13,15H2,1-2H3,(H,28,33)(H,29,30)(H,31,32)/t17-/m0/s1. The number of carboxylic acids is 1. The molecule has 2 amide bonds. The zero-order valence-corrected chi connectivity index (χ0v) is 19.0. The van der Waals surface area contributed by atoms with E-state index in [1.54, 1.807) is 26.0 Å². The molecule has 0 aliphatic heterocycles. The molecule has 0 spiro atoms. The molecule has 1 atom stereocenters. The first-order valence-electron chi connectivity index (χ1n) is 11.1. The number of carboxylic acid groups (broad SMARTS) is 1. The van der Waals surface area contributed by atoms with E-state index < -0.39 is 18.1 Å². The molecule has 0 saturated carbocycles. The van der Waals surface area contributed by atoms with E-state index in [0.717, 1.165) is 22.3 Å². The third-order valence-electron chi connectivity index (χ3n) is 5.95. The minimum absolute atomic E-state index is 0.0144. The van der Waals surface area contributed by atoms with E-state index in [4.69, 9.17) is 4.74 Å². The van der Waals surface area contributed by atoms with E-state index in [1.165, 1.54) is 6.07 Å². The first kappa shape index (κ1) is 23.0. The van der Waals surface area contributed by atoms with Gasteiger partial charge >= 0.3 is 12.1 Å². The van der Waals surface area contributed by atoms with Gasteiger partial charge in [-0.3, -0.25) is 4.79 Å². The number of nitrogens with one attached hydrogen (secondary N) is 2. The number of amides is 2. The lowest BCUT2D eigenvalue weighted by Crippen LogP contribution is -2.36. The van der Waals surface area contributed by atoms with Crippen LogP contribution in [0.15, 0.2) is 66.7 Å². The molecule has 0 fully saturated rings. The highest BCUT2D eigenvalue weighted by Crippen LogP contribution is 2.44. The van der Waals surface area contributed by atoms with Crippen molar-refractivity contribution in [3.8, 4) is 11.1 Å². The minimum atomic E-state index is -1.06. The highest BCUT2D eigenvalue weighted by molar-refractivity contribution is 5.95. The van der Waals surface area contributed by atoms with Gasteiger partial charge in [-0.05, 0) is 53.8 Å². The van der Waals surface area contributed by atoms with Crippen molar-refractivity contribution in [1.29, 1.82) is 0 Å². The summed E-state index contributed by atoms with van der Waals surface area (Å²) in [6.45, 7) is 3.59. The Morgan fingerprint density at radius 3 is 2.21 bits per heavy atom. The molecule has 4 rings (SSSR count). The summed E-state index contributed by atoms with van der Waals surface area (Å²) in [5.74, 6) is -1.44. The number of rotatable bonds is 7. The van der Waals surface area contributed by atoms with Crippen molar-refractivity contribution in [2.45, 2.75) is 32.2 Å². The van der Waals surface area contributed by atoms with E-state index in [1.807, 2.05) is 24.3 Å². The predicted molar refractivity (Wildman–Crippen MR) is 129 cm³/mol. The van der Waals surface area contributed by atoms with Gasteiger partial charge in [0.2, 0.25) is 5.91 Å². The molecule has 7 nitrogen and oxygen atoms in total. The van der Waals surface area contributed by atoms with Crippen molar-refractivity contribution in [1.82, 2.24) is 5.32 Å². The van der Waals surface area contributed by atoms with Gasteiger partial charge in [-0.1, -0.05) is 54.6 Å². The Kier molecular flexibility index (Phi) is 6.63. The number of carbonyl (C=O) groups excluding carboxylic acids is 2. The number of carbonyl (C=O) groups is 3. The SMILES string of the molecule is Cc1ccc(NC(=O)C[C@H](C)NC(=O)OCC2c3ccccc3-c3ccccc32)cc1C(=O)O. The van der Waals surface area contributed by atoms with Crippen LogP contribution in [0.3, 0.4) is 0 Å². The molecular weight excluding hydrogens is 432 g/mol. The summed E-state index contributed by atoms with van der Waals surface area (Å²) in [5, 5.41) is 14.6. The zero-order chi connectivity index (χ0) is 24.2. The molecule has 0 bridgehead atoms. The largest absolute Gasteiger partial charge is 0.478 e. The second-order valence-corrected chi connectivity index (χ2v) is 8.46. The van der Waals surface area contributed by atoms with Crippen LogP contribution in [0.4, 0.5) is 10.5 Å². The molecule has 174 valence electrons. The number of benzene rings is 3. The summed E-state index contributed by atoms with van der Waals surface area (Å²) >= 11 is 0. The van der Waals surface area contributed by atoms with Gasteiger partial charge in [0, 0.05) is 24.1 Å². The van der Waals surface area contributed by atoms with Gasteiger partial charge in [0.25, 0.3) is 0 Å². The van der Waals surface area contributed by atoms with Crippen LogP contribution in [0, 0.1) is 6.92 Å². The average Bonchev–Trinajstić information content (AvgIpc) is 3.12. The van der Waals surface area contributed by atoms with Crippen LogP contribution in [-0.4, -0.2) is 35.7 Å². The predicted octanol–water partition coefficient (Wildman–Crippen LogP) is 4.95. The molecule has 3 aromatic rings. The number of hydrogen-bond donors (Lipinski definition) is 3. The lowest BCUT2D eigenvalue weighted by Gasteiger charge is -2.17. The summed E-state index contributed by atoms with van der Waals surface area (Å²) in [6, 6.07) is 20.4. The van der Waals surface area contributed by atoms with Crippen LogP contribution in [0.2, 0.25) is 0 Å². The normalized spacial score (nSPS) is 12.9. The lowest BCUT2D eigenvalue weighted by atomic mass is 9.98. The minimum Gasteiger partial charge on any atom is -0.478 e. The molecule has 0 radical (unpaired) electrons. The lowest BCUT2D eigenvalue weighted by molar-refractivity contribution is -0.116. The van der Waals surface area contributed by atoms with E-state index in [-0.39, 0.29) is 30.4 Å². The first-order valence-corrected chi connectivity index (χ1v) is 11.1. The van der Waals surface area contributed by atoms with Gasteiger partial charge in [-0.25, -0.2) is 9.59 Å². The molecule has 34 heavy (non-hydrogen) atoms. The Balaban J connectivity index is 1.30. The highest BCUT2D eigenvalue weighted by Gasteiger charge is 2.29. The van der Waals surface area contributed by atoms with Crippen LogP contribution in [-0.2, 0) is 9.53 Å². The fourth-order valence-electron chi connectivity index (χ4n) is 4.31. The van der Waals surface area contributed by atoms with E-state index in [2.05, 4.69) is 34.9 Å². The molecule has 0 saturated heterocycles. The zero-order valence-electron chi connectivity index (χ0n) is 19.0. The van der Waals surface area contributed by atoms with Crippen LogP contribution in [0.5, 0.6) is 0 Å². The van der Waals surface area contributed by atoms with Gasteiger partial charge < -0.3 is 20.5 Å². The molecule has 0 heterocycles. The molecule has 7 heteroatoms. The van der Waals surface area contributed by atoms with Crippen LogP contribution < -0.4 is 10.6 Å². The summed E-state index contributed by atoms with van der Waals surface area (Å²) in [7, 11) is 0. The Morgan fingerprint density at radius 2 is 1.59 bits per heavy atom. The molecular formula is C27H26N2O5. The van der Waals surface area contributed by atoms with Gasteiger partial charge in [-0.15, -0.1) is 0 Å². The topological polar surface area (TPSA) is 105 Å². The van der Waals surface area contributed by atoms with Crippen molar-refractivity contribution in [3.05, 3.63) is 89.0 Å². The van der Waals surface area contributed by atoms with Crippen LogP contribution in [0.25, 0.3) is 11.1 Å². The number of aryl methyl sites for hydroxylation is 1. The second-order valence-electron chi connectivity index (χ2n) is 8.46. The first-order chi connectivity index (χ1) is 16.3. The smallest absolute Gasteiger partial charge is 0.407 e. The van der Waals surface area contributed by atoms with Crippen molar-refractivity contribution in [2.75, 3.05) is 11.9 Å². The Bertz CT molecular complexity index is 1210. The maximum Gasteiger partial charge on any atom is 0.407 e. The number of aromatic carboxylic acids is 1. The summed E-state index contributed by atoms with van der Waals surface area (Å²) in [5.41, 5.74) is 5.68. The van der Waals surface area contributed by atoms with E-state index in [0.29, 0.717) is 11.3 Å². The maximum absolute atomic E-state index is 12.4. The average molecular weight is 459 g/mol. The van der Waals surface area contributed by atoms with Gasteiger partial charge in [0.05, 0.1) is 5.56 Å². The van der Waals surface area contributed by atoms with Crippen molar-refractivity contribution in [2.24, 2.45) is 0 Å². The number of hydrogen-bond acceptors (Lipinski definition) is 4. The molecule has 3 aromatic carbocycles. The number of anilines is 1. The van der Waals surface area contributed by atoms with E-state index in [9.17, 15) is 19.5 Å². The number of fused-ring (bicyclic) bond motifs is 3. The van der Waals surface area contributed by atoms with Gasteiger partial charge in [-0.2, -0.15) is 0 Å². The molecule has 0 aromatic heterocycles. The Hall–Kier alpha value is -4.13. The van der Waals surface area contributed by atoms with Crippen molar-refractivity contribution >= 4 is 23.7 Å². The fraction of sp³-hybridized carbons (Fsp3) is 0.222. The quantitative estimate of drug-likeness (QED) is 0.465. The number of alkyl carbamates (subject to hydrolysis) is 1. The summed E-state index contributed by atoms with van der Waals surface area (Å²) < 4.78 is 5.52. The van der Waals surface area contributed by atoms with Crippen molar-refractivity contribution in [3.63, 3.8) is 0 Å². The Morgan fingerprint density at radius 1 is 0.971 bits per heavy atom. The fourth-order valence-corrected chi connectivity index (χ4v) is 4.31. The molecule has 0 unspecified atom stereocenters. The van der Waals surface area contributed by atoms with Crippen LogP contribution in [0.1, 0.15) is 46.3 Å². The second kappa shape index (κ2) is 9.79. The monoisotopic (exact) mass is 458 g/mol. The summed E-state index contributed by atoms with van der Waals surface area (Å²) in [6.07, 6.45) is -0.578. The molecule has 1 aliphatic rings. The number of ether oxygens (including phenoxy) is 1. The van der Waals surface area contributed by atoms with E-state index >= 15 is 0 Å². The third kappa shape index (κ3) is 4.93. The van der Waals surface area contributed by atoms with Gasteiger partial charge in [0.15, 0.2) is 0 Å². The molecule has 1 aliphatic carbocycles. The molecule has 3 N–H and O–H groups in total. The van der Waals surface area contributed by atoms with Crippen LogP contribution >= 0.6 is 0 Å². The maximum atomic E-state index is 12.4. The van der Waals surface area contributed by atoms with Gasteiger partial charge in [0.1, 0.15) is 6.61 Å². The third-order valence-corrected chi connectivity index (χ3v) is 5.95. The van der Waals surface area contributed by atoms with Crippen molar-refractivity contribution < 1.29 is 24.2 Å². The summed E-state index contributed by atoms with van der Waals surface area (Å²) in [4.78, 5) is 36.0.